The molecule has 3 N–H and O–H groups in total. The molecule has 1 aromatic carbocycles. The number of rotatable bonds is 2. The van der Waals surface area contributed by atoms with Gasteiger partial charge in [0.2, 0.25) is 0 Å². The molecule has 0 atom stereocenters. The number of methoxy groups -OCH3 is 1. The number of primary amides is 1. The summed E-state index contributed by atoms with van der Waals surface area (Å²) in [5.41, 5.74) is 8.54. The highest BCUT2D eigenvalue weighted by Crippen LogP contribution is 2.28. The summed E-state index contributed by atoms with van der Waals surface area (Å²) in [6.07, 6.45) is 0. The molecule has 0 aliphatic carbocycles. The van der Waals surface area contributed by atoms with E-state index in [1.165, 1.54) is 0 Å². The summed E-state index contributed by atoms with van der Waals surface area (Å²) in [4.78, 5) is 14.2. The number of carbonyl (C=O) groups is 1. The van der Waals surface area contributed by atoms with Crippen molar-refractivity contribution in [2.75, 3.05) is 7.11 Å². The minimum absolute atomic E-state index is 0.440. The van der Waals surface area contributed by atoms with E-state index in [0.717, 1.165) is 27.8 Å². The second-order valence-electron chi connectivity index (χ2n) is 3.86. The van der Waals surface area contributed by atoms with Gasteiger partial charge in [0.1, 0.15) is 11.4 Å². The quantitative estimate of drug-likeness (QED) is 0.808. The zero-order chi connectivity index (χ0) is 11.9. The van der Waals surface area contributed by atoms with Crippen LogP contribution >= 0.6 is 0 Å². The van der Waals surface area contributed by atoms with E-state index in [-0.39, 0.29) is 0 Å². The Kier molecular flexibility index (Phi) is 2.34. The highest BCUT2D eigenvalue weighted by atomic mass is 16.5. The molecule has 0 saturated carbocycles. The molecule has 4 heteroatoms. The number of nitrogens with two attached hydrogens (primary N) is 1. The maximum atomic E-state index is 11.2. The molecular weight excluding hydrogens is 204 g/mol. The molecule has 0 aliphatic rings. The van der Waals surface area contributed by atoms with Gasteiger partial charge in [-0.05, 0) is 37.1 Å². The highest BCUT2D eigenvalue weighted by molar-refractivity contribution is 6.00. The number of hydrogen-bond donors (Lipinski definition) is 2. The summed E-state index contributed by atoms with van der Waals surface area (Å²) < 4.78 is 5.25. The largest absolute Gasteiger partial charge is 0.496 e. The molecule has 0 unspecified atom stereocenters. The number of hydrogen-bond acceptors (Lipinski definition) is 2. The Morgan fingerprint density at radius 1 is 1.38 bits per heavy atom. The Morgan fingerprint density at radius 3 is 2.62 bits per heavy atom. The fraction of sp³-hybridized carbons (Fsp3) is 0.250. The number of ether oxygens (including phenoxy) is 1. The zero-order valence-corrected chi connectivity index (χ0v) is 9.55. The predicted octanol–water partition coefficient (Wildman–Crippen LogP) is 1.89. The maximum absolute atomic E-state index is 11.2. The van der Waals surface area contributed by atoms with E-state index in [0.29, 0.717) is 5.69 Å². The summed E-state index contributed by atoms with van der Waals surface area (Å²) in [5, 5.41) is 0.969. The molecule has 16 heavy (non-hydrogen) atoms. The number of benzene rings is 1. The molecule has 1 heterocycles. The van der Waals surface area contributed by atoms with Crippen LogP contribution in [0.3, 0.4) is 0 Å². The zero-order valence-electron chi connectivity index (χ0n) is 9.55. The van der Waals surface area contributed by atoms with Gasteiger partial charge in [-0.15, -0.1) is 0 Å². The van der Waals surface area contributed by atoms with Crippen LogP contribution in [-0.4, -0.2) is 18.0 Å². The van der Waals surface area contributed by atoms with Gasteiger partial charge in [-0.2, -0.15) is 0 Å². The molecule has 4 nitrogen and oxygen atoms in total. The lowest BCUT2D eigenvalue weighted by molar-refractivity contribution is 0.0996. The molecule has 2 aromatic rings. The molecule has 0 saturated heterocycles. The summed E-state index contributed by atoms with van der Waals surface area (Å²) >= 11 is 0. The molecule has 84 valence electrons. The third kappa shape index (κ3) is 1.43. The van der Waals surface area contributed by atoms with Gasteiger partial charge in [0.25, 0.3) is 5.91 Å². The third-order valence-electron chi connectivity index (χ3n) is 2.82. The topological polar surface area (TPSA) is 68.1 Å². The summed E-state index contributed by atoms with van der Waals surface area (Å²) in [6, 6.07) is 3.87. The number of nitrogens with one attached hydrogen (secondary N) is 1. The molecule has 0 radical (unpaired) electrons. The first-order valence-electron chi connectivity index (χ1n) is 5.01. The minimum Gasteiger partial charge on any atom is -0.496 e. The van der Waals surface area contributed by atoms with Crippen molar-refractivity contribution in [1.82, 2.24) is 4.98 Å². The first kappa shape index (κ1) is 10.5. The van der Waals surface area contributed by atoms with Crippen LogP contribution in [0.15, 0.2) is 12.1 Å². The van der Waals surface area contributed by atoms with Gasteiger partial charge < -0.3 is 15.5 Å². The number of H-pyrrole nitrogens is 1. The van der Waals surface area contributed by atoms with Crippen LogP contribution in [0, 0.1) is 13.8 Å². The average molecular weight is 218 g/mol. The Morgan fingerprint density at radius 2 is 2.06 bits per heavy atom. The molecule has 0 spiro atoms. The van der Waals surface area contributed by atoms with Crippen LogP contribution in [0.5, 0.6) is 5.75 Å². The SMILES string of the molecule is COc1cc2c(C)c(C(N)=O)[nH]c2cc1C. The van der Waals surface area contributed by atoms with E-state index in [2.05, 4.69) is 4.98 Å². The van der Waals surface area contributed by atoms with E-state index in [1.807, 2.05) is 26.0 Å². The van der Waals surface area contributed by atoms with Crippen LogP contribution in [0.2, 0.25) is 0 Å². The van der Waals surface area contributed by atoms with Crippen LogP contribution in [0.1, 0.15) is 21.6 Å². The lowest BCUT2D eigenvalue weighted by Gasteiger charge is -2.04. The van der Waals surface area contributed by atoms with E-state index in [9.17, 15) is 4.79 Å². The van der Waals surface area contributed by atoms with Gasteiger partial charge in [-0.25, -0.2) is 0 Å². The van der Waals surface area contributed by atoms with Crippen LogP contribution in [-0.2, 0) is 0 Å². The number of aromatic amines is 1. The van der Waals surface area contributed by atoms with Crippen molar-refractivity contribution in [2.24, 2.45) is 5.73 Å². The van der Waals surface area contributed by atoms with Crippen molar-refractivity contribution in [1.29, 1.82) is 0 Å². The lowest BCUT2D eigenvalue weighted by atomic mass is 10.1. The highest BCUT2D eigenvalue weighted by Gasteiger charge is 2.13. The van der Waals surface area contributed by atoms with Crippen molar-refractivity contribution in [2.45, 2.75) is 13.8 Å². The van der Waals surface area contributed by atoms with Crippen LogP contribution in [0.4, 0.5) is 0 Å². The van der Waals surface area contributed by atoms with Gasteiger partial charge in [-0.3, -0.25) is 4.79 Å². The van der Waals surface area contributed by atoms with Gasteiger partial charge in [-0.1, -0.05) is 0 Å². The Labute approximate surface area is 93.4 Å². The molecule has 0 aliphatic heterocycles. The van der Waals surface area contributed by atoms with E-state index < -0.39 is 5.91 Å². The monoisotopic (exact) mass is 218 g/mol. The molecule has 2 rings (SSSR count). The second kappa shape index (κ2) is 3.56. The summed E-state index contributed by atoms with van der Waals surface area (Å²) in [7, 11) is 1.63. The Bertz CT molecular complexity index is 570. The molecule has 1 aromatic heterocycles. The Hall–Kier alpha value is -1.97. The number of amides is 1. The molecular formula is C12H14N2O2. The first-order chi connectivity index (χ1) is 7.54. The minimum atomic E-state index is -0.440. The van der Waals surface area contributed by atoms with Crippen molar-refractivity contribution < 1.29 is 9.53 Å². The number of aromatic nitrogens is 1. The Balaban J connectivity index is 2.77. The average Bonchev–Trinajstić information content (AvgIpc) is 2.54. The van der Waals surface area contributed by atoms with Crippen molar-refractivity contribution in [3.8, 4) is 5.75 Å². The smallest absolute Gasteiger partial charge is 0.265 e. The van der Waals surface area contributed by atoms with Gasteiger partial charge in [0, 0.05) is 10.9 Å². The summed E-state index contributed by atoms with van der Waals surface area (Å²) in [6.45, 7) is 3.83. The number of carbonyl (C=O) groups excluding carboxylic acids is 1. The maximum Gasteiger partial charge on any atom is 0.265 e. The first-order valence-corrected chi connectivity index (χ1v) is 5.01. The number of fused-ring (bicyclic) bond motifs is 1. The lowest BCUT2D eigenvalue weighted by Crippen LogP contribution is -2.12. The second-order valence-corrected chi connectivity index (χ2v) is 3.86. The van der Waals surface area contributed by atoms with E-state index in [1.54, 1.807) is 7.11 Å². The molecule has 1 amide bonds. The van der Waals surface area contributed by atoms with Crippen LogP contribution in [0.25, 0.3) is 10.9 Å². The third-order valence-corrected chi connectivity index (χ3v) is 2.82. The fourth-order valence-corrected chi connectivity index (χ4v) is 1.93. The van der Waals surface area contributed by atoms with Gasteiger partial charge in [0.15, 0.2) is 0 Å². The van der Waals surface area contributed by atoms with E-state index in [4.69, 9.17) is 10.5 Å². The molecule has 0 bridgehead atoms. The van der Waals surface area contributed by atoms with Crippen molar-refractivity contribution >= 4 is 16.8 Å². The van der Waals surface area contributed by atoms with Crippen LogP contribution < -0.4 is 10.5 Å². The van der Waals surface area contributed by atoms with Crippen molar-refractivity contribution in [3.05, 3.63) is 29.0 Å². The van der Waals surface area contributed by atoms with E-state index >= 15 is 0 Å². The molecule has 0 fully saturated rings. The van der Waals surface area contributed by atoms with Gasteiger partial charge >= 0.3 is 0 Å². The summed E-state index contributed by atoms with van der Waals surface area (Å²) in [5.74, 6) is 0.371. The van der Waals surface area contributed by atoms with Gasteiger partial charge in [0.05, 0.1) is 7.11 Å². The fourth-order valence-electron chi connectivity index (χ4n) is 1.93. The normalized spacial score (nSPS) is 10.7. The number of aryl methyl sites for hydroxylation is 2. The van der Waals surface area contributed by atoms with Crippen molar-refractivity contribution in [3.63, 3.8) is 0 Å². The predicted molar refractivity (Wildman–Crippen MR) is 62.8 cm³/mol. The standard InChI is InChI=1S/C12H14N2O2/c1-6-4-9-8(5-10(6)16-3)7(2)11(14-9)12(13)15/h4-5,14H,1-3H3,(H2,13,15).